The first-order chi connectivity index (χ1) is 18.2. The molecular weight excluding hydrogens is 505 g/mol. The average molecular weight is 536 g/mol. The molecule has 0 spiro atoms. The summed E-state index contributed by atoms with van der Waals surface area (Å²) in [7, 11) is -2.95. The van der Waals surface area contributed by atoms with E-state index in [4.69, 9.17) is 5.10 Å². The van der Waals surface area contributed by atoms with Crippen LogP contribution in [0.3, 0.4) is 0 Å². The van der Waals surface area contributed by atoms with Gasteiger partial charge in [-0.25, -0.2) is 17.3 Å². The van der Waals surface area contributed by atoms with Gasteiger partial charge in [-0.1, -0.05) is 12.1 Å². The van der Waals surface area contributed by atoms with E-state index in [0.717, 1.165) is 48.7 Å². The summed E-state index contributed by atoms with van der Waals surface area (Å²) in [5.41, 5.74) is 4.65. The van der Waals surface area contributed by atoms with Crippen molar-refractivity contribution in [3.63, 3.8) is 0 Å². The van der Waals surface area contributed by atoms with Crippen LogP contribution in [-0.2, 0) is 16.4 Å². The van der Waals surface area contributed by atoms with Crippen LogP contribution in [0.4, 0.5) is 10.1 Å². The quantitative estimate of drug-likeness (QED) is 0.386. The van der Waals surface area contributed by atoms with Crippen molar-refractivity contribution < 1.29 is 12.8 Å². The molecule has 38 heavy (non-hydrogen) atoms. The topological polar surface area (TPSA) is 99.5 Å². The van der Waals surface area contributed by atoms with Crippen LogP contribution in [0.15, 0.2) is 36.5 Å². The SMILES string of the molecule is C[C@@H]1CN(c2ccc(C#N)n3ncc(F)c23)Cc2c3ccc(C4CCN(CCS(C)(=O)=O)CC4)cc3nn21. The van der Waals surface area contributed by atoms with Gasteiger partial charge in [0.25, 0.3) is 0 Å². The third kappa shape index (κ3) is 4.41. The average Bonchev–Trinajstić information content (AvgIpc) is 3.48. The summed E-state index contributed by atoms with van der Waals surface area (Å²) in [5, 5.41) is 19.5. The molecule has 0 radical (unpaired) electrons. The monoisotopic (exact) mass is 535 g/mol. The summed E-state index contributed by atoms with van der Waals surface area (Å²) >= 11 is 0. The second kappa shape index (κ2) is 9.36. The van der Waals surface area contributed by atoms with Crippen LogP contribution in [0.5, 0.6) is 0 Å². The zero-order valence-corrected chi connectivity index (χ0v) is 22.3. The lowest BCUT2D eigenvalue weighted by atomic mass is 9.89. The molecule has 0 bridgehead atoms. The summed E-state index contributed by atoms with van der Waals surface area (Å²) in [6, 6.07) is 12.2. The molecule has 4 aromatic rings. The first kappa shape index (κ1) is 24.8. The largest absolute Gasteiger partial charge is 0.362 e. The predicted octanol–water partition coefficient (Wildman–Crippen LogP) is 3.50. The number of anilines is 1. The summed E-state index contributed by atoms with van der Waals surface area (Å²) in [6.07, 6.45) is 4.45. The Labute approximate surface area is 221 Å². The number of nitrogens with zero attached hydrogens (tertiary/aromatic N) is 7. The Hall–Kier alpha value is -3.49. The van der Waals surface area contributed by atoms with Crippen molar-refractivity contribution in [1.29, 1.82) is 5.26 Å². The molecule has 11 heteroatoms. The number of likely N-dealkylation sites (tertiary alicyclic amines) is 1. The lowest BCUT2D eigenvalue weighted by molar-refractivity contribution is 0.223. The molecule has 2 aliphatic heterocycles. The van der Waals surface area contributed by atoms with E-state index in [1.54, 1.807) is 12.1 Å². The molecule has 0 saturated carbocycles. The molecule has 1 aromatic carbocycles. The van der Waals surface area contributed by atoms with E-state index in [1.807, 2.05) is 0 Å². The standard InChI is InChI=1S/C27H30FN7O2S/c1-18-16-33(25-6-4-21(14-29)35-27(25)23(28)15-30-35)17-26-22-5-3-20(13-24(22)31-34(18)26)19-7-9-32(10-8-19)11-12-38(2,36)37/h3-6,13,15,18-19H,7-12,16-17H2,1-2H3/t18-/m1/s1. The highest BCUT2D eigenvalue weighted by atomic mass is 32.2. The van der Waals surface area contributed by atoms with E-state index in [9.17, 15) is 18.1 Å². The molecule has 3 aromatic heterocycles. The van der Waals surface area contributed by atoms with Gasteiger partial charge in [0.2, 0.25) is 0 Å². The highest BCUT2D eigenvalue weighted by Crippen LogP contribution is 2.36. The Kier molecular flexibility index (Phi) is 6.12. The first-order valence-corrected chi connectivity index (χ1v) is 15.0. The Balaban J connectivity index is 1.25. The minimum Gasteiger partial charge on any atom is -0.362 e. The molecule has 0 amide bonds. The number of sulfone groups is 1. The van der Waals surface area contributed by atoms with Crippen molar-refractivity contribution in [1.82, 2.24) is 24.3 Å². The fourth-order valence-electron chi connectivity index (χ4n) is 5.95. The van der Waals surface area contributed by atoms with Gasteiger partial charge in [-0.2, -0.15) is 15.5 Å². The zero-order chi connectivity index (χ0) is 26.6. The number of aromatic nitrogens is 4. The Morgan fingerprint density at radius 3 is 2.71 bits per heavy atom. The van der Waals surface area contributed by atoms with Crippen molar-refractivity contribution in [3.05, 3.63) is 59.3 Å². The minimum atomic E-state index is -2.95. The van der Waals surface area contributed by atoms with E-state index in [-0.39, 0.29) is 11.8 Å². The third-order valence-electron chi connectivity index (χ3n) is 7.95. The molecule has 198 valence electrons. The van der Waals surface area contributed by atoms with E-state index < -0.39 is 15.7 Å². The second-order valence-corrected chi connectivity index (χ2v) is 12.9. The molecule has 0 N–H and O–H groups in total. The number of halogens is 1. The first-order valence-electron chi connectivity index (χ1n) is 12.9. The summed E-state index contributed by atoms with van der Waals surface area (Å²) in [5.74, 6) is 0.194. The molecule has 1 fully saturated rings. The third-order valence-corrected chi connectivity index (χ3v) is 8.88. The molecule has 9 nitrogen and oxygen atoms in total. The maximum atomic E-state index is 14.7. The molecular formula is C27H30FN7O2S. The molecule has 2 aliphatic rings. The zero-order valence-electron chi connectivity index (χ0n) is 21.5. The maximum absolute atomic E-state index is 14.7. The van der Waals surface area contributed by atoms with Crippen molar-refractivity contribution in [3.8, 4) is 6.07 Å². The molecule has 0 unspecified atom stereocenters. The fraction of sp³-hybridized carbons (Fsp3) is 0.444. The van der Waals surface area contributed by atoms with Crippen LogP contribution >= 0.6 is 0 Å². The number of fused-ring (bicyclic) bond motifs is 4. The number of hydrogen-bond acceptors (Lipinski definition) is 7. The summed E-state index contributed by atoms with van der Waals surface area (Å²) in [4.78, 5) is 4.38. The predicted molar refractivity (Wildman–Crippen MR) is 143 cm³/mol. The van der Waals surface area contributed by atoms with Gasteiger partial charge in [0, 0.05) is 24.7 Å². The molecule has 1 saturated heterocycles. The van der Waals surface area contributed by atoms with E-state index >= 15 is 0 Å². The van der Waals surface area contributed by atoms with E-state index in [2.05, 4.69) is 50.8 Å². The number of hydrogen-bond donors (Lipinski definition) is 0. The van der Waals surface area contributed by atoms with Crippen molar-refractivity contribution in [2.75, 3.05) is 43.1 Å². The second-order valence-electron chi connectivity index (χ2n) is 10.6. The smallest absolute Gasteiger partial charge is 0.171 e. The maximum Gasteiger partial charge on any atom is 0.171 e. The van der Waals surface area contributed by atoms with Crippen LogP contribution in [0.1, 0.15) is 48.7 Å². The van der Waals surface area contributed by atoms with Gasteiger partial charge in [0.15, 0.2) is 5.82 Å². The van der Waals surface area contributed by atoms with Crippen LogP contribution in [0.25, 0.3) is 16.4 Å². The Bertz CT molecular complexity index is 1680. The minimum absolute atomic E-state index is 0.0781. The number of rotatable bonds is 5. The fourth-order valence-corrected chi connectivity index (χ4v) is 6.54. The molecule has 5 heterocycles. The Morgan fingerprint density at radius 1 is 1.18 bits per heavy atom. The summed E-state index contributed by atoms with van der Waals surface area (Å²) in [6.45, 7) is 5.74. The van der Waals surface area contributed by atoms with Crippen molar-refractivity contribution >= 4 is 31.9 Å². The number of benzene rings is 1. The number of pyridine rings is 1. The highest BCUT2D eigenvalue weighted by molar-refractivity contribution is 7.90. The van der Waals surface area contributed by atoms with Gasteiger partial charge >= 0.3 is 0 Å². The van der Waals surface area contributed by atoms with Gasteiger partial charge in [-0.3, -0.25) is 4.68 Å². The highest BCUT2D eigenvalue weighted by Gasteiger charge is 2.29. The van der Waals surface area contributed by atoms with E-state index in [0.29, 0.717) is 42.5 Å². The lowest BCUT2D eigenvalue weighted by Gasteiger charge is -2.34. The Morgan fingerprint density at radius 2 is 1.97 bits per heavy atom. The van der Waals surface area contributed by atoms with Gasteiger partial charge in [-0.15, -0.1) is 0 Å². The summed E-state index contributed by atoms with van der Waals surface area (Å²) < 4.78 is 41.2. The van der Waals surface area contributed by atoms with Crippen LogP contribution in [-0.4, -0.2) is 70.9 Å². The van der Waals surface area contributed by atoms with Gasteiger partial charge in [0.1, 0.15) is 27.1 Å². The normalized spacial score (nSPS) is 19.2. The molecule has 6 rings (SSSR count). The van der Waals surface area contributed by atoms with Gasteiger partial charge < -0.3 is 9.80 Å². The van der Waals surface area contributed by atoms with E-state index in [1.165, 1.54) is 16.3 Å². The van der Waals surface area contributed by atoms with Gasteiger partial charge in [0.05, 0.1) is 41.4 Å². The number of piperidine rings is 1. The van der Waals surface area contributed by atoms with Crippen molar-refractivity contribution in [2.45, 2.75) is 38.3 Å². The molecule has 1 atom stereocenters. The van der Waals surface area contributed by atoms with Crippen molar-refractivity contribution in [2.24, 2.45) is 0 Å². The van der Waals surface area contributed by atoms with Gasteiger partial charge in [-0.05, 0) is 62.5 Å². The number of nitriles is 1. The van der Waals surface area contributed by atoms with Crippen LogP contribution in [0.2, 0.25) is 0 Å². The van der Waals surface area contributed by atoms with Crippen LogP contribution < -0.4 is 4.90 Å². The molecule has 0 aliphatic carbocycles. The van der Waals surface area contributed by atoms with Crippen LogP contribution in [0, 0.1) is 17.1 Å². The lowest BCUT2D eigenvalue weighted by Crippen LogP contribution is -2.36.